The van der Waals surface area contributed by atoms with Crippen LogP contribution in [0.3, 0.4) is 0 Å². The molecule has 2 aliphatic rings. The van der Waals surface area contributed by atoms with Crippen LogP contribution in [0.15, 0.2) is 30.5 Å². The van der Waals surface area contributed by atoms with Crippen LogP contribution >= 0.6 is 0 Å². The standard InChI is InChI=1S/C38H57FN8O3Si2/c1-25-32(26(2)47(44-25)24-50-19-21-52(7,8)9)27-14-16-30(17-15-27)41-38(48)34(33(28-10-11-28)29-12-13-29)36-42-43-37(35-31(39)22-40-45(35)3)46(36)23-49-18-20-51(4,5)6/h14-17,22,28-29,33-34H,10-13,18-21,23-24H2,1-9H3,(H,41,48). The first-order chi connectivity index (χ1) is 24.6. The van der Waals surface area contributed by atoms with Crippen molar-refractivity contribution >= 4 is 27.7 Å². The van der Waals surface area contributed by atoms with Crippen molar-refractivity contribution < 1.29 is 18.7 Å². The molecule has 52 heavy (non-hydrogen) atoms. The lowest BCUT2D eigenvalue weighted by Crippen LogP contribution is -2.33. The van der Waals surface area contributed by atoms with Gasteiger partial charge < -0.3 is 14.8 Å². The zero-order valence-electron chi connectivity index (χ0n) is 32.5. The molecular formula is C38H57FN8O3Si2. The molecule has 1 amide bonds. The smallest absolute Gasteiger partial charge is 0.235 e. The van der Waals surface area contributed by atoms with Crippen molar-refractivity contribution in [2.24, 2.45) is 24.8 Å². The molecule has 0 aliphatic heterocycles. The van der Waals surface area contributed by atoms with E-state index in [1.807, 2.05) is 40.4 Å². The third kappa shape index (κ3) is 9.18. The van der Waals surface area contributed by atoms with Gasteiger partial charge >= 0.3 is 0 Å². The van der Waals surface area contributed by atoms with E-state index in [1.165, 1.54) is 10.9 Å². The molecule has 0 bridgehead atoms. The van der Waals surface area contributed by atoms with Gasteiger partial charge in [0.25, 0.3) is 0 Å². The van der Waals surface area contributed by atoms with E-state index in [-0.39, 0.29) is 24.2 Å². The number of hydrogen-bond donors (Lipinski definition) is 1. The van der Waals surface area contributed by atoms with Crippen LogP contribution in [0.1, 0.15) is 48.8 Å². The Morgan fingerprint density at radius 3 is 2.06 bits per heavy atom. The van der Waals surface area contributed by atoms with Crippen molar-refractivity contribution in [2.45, 2.75) is 110 Å². The number of hydrogen-bond acceptors (Lipinski definition) is 7. The Labute approximate surface area is 309 Å². The third-order valence-corrected chi connectivity index (χ3v) is 13.8. The molecule has 2 aliphatic carbocycles. The molecule has 6 rings (SSSR count). The number of nitrogens with zero attached hydrogens (tertiary/aromatic N) is 7. The van der Waals surface area contributed by atoms with Crippen molar-refractivity contribution in [1.82, 2.24) is 34.3 Å². The van der Waals surface area contributed by atoms with Crippen molar-refractivity contribution in [2.75, 3.05) is 18.5 Å². The number of anilines is 1. The summed E-state index contributed by atoms with van der Waals surface area (Å²) in [6.07, 6.45) is 5.57. The van der Waals surface area contributed by atoms with Crippen LogP contribution in [0.5, 0.6) is 0 Å². The number of amides is 1. The number of ether oxygens (including phenoxy) is 2. The number of benzene rings is 1. The number of carbonyl (C=O) groups excluding carboxylic acids is 1. The minimum atomic E-state index is -1.35. The zero-order chi connectivity index (χ0) is 37.4. The van der Waals surface area contributed by atoms with Crippen LogP contribution in [0.2, 0.25) is 51.4 Å². The fraction of sp³-hybridized carbons (Fsp3) is 0.605. The van der Waals surface area contributed by atoms with Gasteiger partial charge in [-0.1, -0.05) is 51.4 Å². The van der Waals surface area contributed by atoms with E-state index in [2.05, 4.69) is 66.8 Å². The summed E-state index contributed by atoms with van der Waals surface area (Å²) in [7, 11) is -0.830. The number of nitrogens with one attached hydrogen (secondary N) is 1. The number of rotatable bonds is 18. The van der Waals surface area contributed by atoms with Crippen LogP contribution in [-0.4, -0.2) is 69.6 Å². The van der Waals surface area contributed by atoms with Gasteiger partial charge in [-0.05, 0) is 87.1 Å². The number of aromatic nitrogens is 7. The molecule has 11 nitrogen and oxygen atoms in total. The lowest BCUT2D eigenvalue weighted by Gasteiger charge is -2.27. The molecule has 0 radical (unpaired) electrons. The topological polar surface area (TPSA) is 114 Å². The first-order valence-corrected chi connectivity index (χ1v) is 26.2. The summed E-state index contributed by atoms with van der Waals surface area (Å²) in [5.41, 5.74) is 5.02. The van der Waals surface area contributed by atoms with E-state index in [0.29, 0.717) is 42.5 Å². The lowest BCUT2D eigenvalue weighted by atomic mass is 9.82. The highest BCUT2D eigenvalue weighted by Gasteiger charge is 2.50. The van der Waals surface area contributed by atoms with Gasteiger partial charge in [0.05, 0.1) is 11.9 Å². The van der Waals surface area contributed by atoms with Crippen molar-refractivity contribution in [3.63, 3.8) is 0 Å². The molecule has 14 heteroatoms. The highest BCUT2D eigenvalue weighted by molar-refractivity contribution is 6.76. The van der Waals surface area contributed by atoms with Gasteiger partial charge in [-0.2, -0.15) is 10.2 Å². The maximum atomic E-state index is 15.1. The molecule has 0 saturated heterocycles. The number of halogens is 1. The van der Waals surface area contributed by atoms with E-state index in [4.69, 9.17) is 14.6 Å². The highest BCUT2D eigenvalue weighted by atomic mass is 28.3. The molecule has 4 aromatic rings. The molecule has 1 unspecified atom stereocenters. The normalized spacial score (nSPS) is 15.8. The fourth-order valence-corrected chi connectivity index (χ4v) is 8.62. The summed E-state index contributed by atoms with van der Waals surface area (Å²) < 4.78 is 32.6. The summed E-state index contributed by atoms with van der Waals surface area (Å²) in [6, 6.07) is 10.1. The Morgan fingerprint density at radius 1 is 0.923 bits per heavy atom. The van der Waals surface area contributed by atoms with Gasteiger partial charge in [-0.3, -0.25) is 14.0 Å². The van der Waals surface area contributed by atoms with Crippen LogP contribution in [-0.2, 0) is 34.8 Å². The first kappa shape index (κ1) is 38.3. The summed E-state index contributed by atoms with van der Waals surface area (Å²) in [6.45, 7) is 19.9. The average molecular weight is 749 g/mol. The Bertz CT molecular complexity index is 1820. The summed E-state index contributed by atoms with van der Waals surface area (Å²) >= 11 is 0. The Morgan fingerprint density at radius 2 is 1.52 bits per heavy atom. The molecule has 2 fully saturated rings. The largest absolute Gasteiger partial charge is 0.361 e. The Hall–Kier alpha value is -3.47. The lowest BCUT2D eigenvalue weighted by molar-refractivity contribution is -0.119. The quantitative estimate of drug-likeness (QED) is 0.0809. The van der Waals surface area contributed by atoms with E-state index in [9.17, 15) is 4.79 Å². The van der Waals surface area contributed by atoms with E-state index in [0.717, 1.165) is 66.9 Å². The molecule has 1 atom stereocenters. The average Bonchev–Trinajstić information content (AvgIpc) is 3.99. The van der Waals surface area contributed by atoms with Crippen molar-refractivity contribution in [3.8, 4) is 22.6 Å². The second-order valence-electron chi connectivity index (χ2n) is 17.3. The molecule has 1 aromatic carbocycles. The molecule has 3 heterocycles. The van der Waals surface area contributed by atoms with E-state index >= 15 is 4.39 Å². The van der Waals surface area contributed by atoms with E-state index in [1.54, 1.807) is 7.05 Å². The summed E-state index contributed by atoms with van der Waals surface area (Å²) in [4.78, 5) is 14.6. The minimum Gasteiger partial charge on any atom is -0.361 e. The second kappa shape index (κ2) is 15.5. The van der Waals surface area contributed by atoms with E-state index < -0.39 is 27.9 Å². The molecule has 282 valence electrons. The summed E-state index contributed by atoms with van der Waals surface area (Å²) in [5.74, 6) is 0.675. The van der Waals surface area contributed by atoms with Crippen LogP contribution in [0.4, 0.5) is 10.1 Å². The maximum Gasteiger partial charge on any atom is 0.235 e. The highest BCUT2D eigenvalue weighted by Crippen LogP contribution is 2.55. The molecule has 3 aromatic heterocycles. The monoisotopic (exact) mass is 748 g/mol. The second-order valence-corrected chi connectivity index (χ2v) is 28.6. The van der Waals surface area contributed by atoms with Gasteiger partial charge in [0.2, 0.25) is 5.91 Å². The predicted molar refractivity (Wildman–Crippen MR) is 208 cm³/mol. The number of carbonyl (C=O) groups is 1. The molecular weight excluding hydrogens is 692 g/mol. The van der Waals surface area contributed by atoms with Crippen molar-refractivity contribution in [1.29, 1.82) is 0 Å². The maximum absolute atomic E-state index is 15.1. The van der Waals surface area contributed by atoms with Gasteiger partial charge in [-0.25, -0.2) is 9.07 Å². The van der Waals surface area contributed by atoms with Crippen LogP contribution in [0, 0.1) is 37.4 Å². The minimum absolute atomic E-state index is 0.123. The fourth-order valence-electron chi connectivity index (χ4n) is 7.11. The van der Waals surface area contributed by atoms with Crippen LogP contribution < -0.4 is 5.32 Å². The zero-order valence-corrected chi connectivity index (χ0v) is 34.5. The van der Waals surface area contributed by atoms with Crippen molar-refractivity contribution in [3.05, 3.63) is 53.5 Å². The number of aryl methyl sites for hydroxylation is 2. The first-order valence-electron chi connectivity index (χ1n) is 18.8. The molecule has 1 N–H and O–H groups in total. The molecule has 2 saturated carbocycles. The predicted octanol–water partition coefficient (Wildman–Crippen LogP) is 8.08. The SMILES string of the molecule is Cc1nn(COCC[Si](C)(C)C)c(C)c1-c1ccc(NC(=O)C(c2nnc(-c3c(F)cnn3C)n2COCC[Si](C)(C)C)C(C2CC2)C2CC2)cc1. The van der Waals surface area contributed by atoms with Gasteiger partial charge in [-0.15, -0.1) is 10.2 Å². The van der Waals surface area contributed by atoms with Crippen LogP contribution in [0.25, 0.3) is 22.6 Å². The Balaban J connectivity index is 1.26. The Kier molecular flexibility index (Phi) is 11.4. The summed E-state index contributed by atoms with van der Waals surface area (Å²) in [5, 5.41) is 21.3. The van der Waals surface area contributed by atoms with Gasteiger partial charge in [0.1, 0.15) is 30.9 Å². The van der Waals surface area contributed by atoms with Gasteiger partial charge in [0.15, 0.2) is 11.6 Å². The third-order valence-electron chi connectivity index (χ3n) is 10.4. The van der Waals surface area contributed by atoms with Gasteiger partial charge in [0, 0.05) is 53.4 Å². The molecule has 0 spiro atoms.